The van der Waals surface area contributed by atoms with Crippen LogP contribution in [0.1, 0.15) is 22.8 Å². The predicted molar refractivity (Wildman–Crippen MR) is 121 cm³/mol. The summed E-state index contributed by atoms with van der Waals surface area (Å²) in [5, 5.41) is 28.7. The largest absolute Gasteiger partial charge is 0.462 e. The van der Waals surface area contributed by atoms with Gasteiger partial charge < -0.3 is 10.1 Å². The van der Waals surface area contributed by atoms with Crippen molar-refractivity contribution in [1.82, 2.24) is 20.6 Å². The van der Waals surface area contributed by atoms with E-state index < -0.39 is 10.9 Å². The molecule has 0 fully saturated rings. The summed E-state index contributed by atoms with van der Waals surface area (Å²) >= 11 is 0. The van der Waals surface area contributed by atoms with E-state index in [1.165, 1.54) is 18.2 Å². The van der Waals surface area contributed by atoms with E-state index in [1.54, 1.807) is 6.92 Å². The van der Waals surface area contributed by atoms with Crippen molar-refractivity contribution >= 4 is 17.3 Å². The van der Waals surface area contributed by atoms with Crippen LogP contribution in [0.3, 0.4) is 0 Å². The summed E-state index contributed by atoms with van der Waals surface area (Å²) < 4.78 is 5.04. The minimum atomic E-state index is -0.614. The number of aromatic nitrogens is 4. The summed E-state index contributed by atoms with van der Waals surface area (Å²) in [6.07, 6.45) is 0. The number of hydrogen-bond donors (Lipinski definition) is 2. The van der Waals surface area contributed by atoms with Gasteiger partial charge in [0.1, 0.15) is 5.69 Å². The number of tetrazole rings is 1. The summed E-state index contributed by atoms with van der Waals surface area (Å²) in [4.78, 5) is 23.2. The Bertz CT molecular complexity index is 1270. The van der Waals surface area contributed by atoms with Crippen LogP contribution in [0.25, 0.3) is 22.5 Å². The van der Waals surface area contributed by atoms with Crippen LogP contribution in [-0.2, 0) is 11.3 Å². The highest BCUT2D eigenvalue weighted by Crippen LogP contribution is 2.31. The molecule has 10 nitrogen and oxygen atoms in total. The van der Waals surface area contributed by atoms with Gasteiger partial charge >= 0.3 is 5.97 Å². The molecule has 0 saturated carbocycles. The zero-order valence-electron chi connectivity index (χ0n) is 17.7. The van der Waals surface area contributed by atoms with E-state index in [0.717, 1.165) is 22.3 Å². The molecule has 0 aliphatic heterocycles. The van der Waals surface area contributed by atoms with E-state index >= 15 is 0 Å². The Balaban J connectivity index is 1.58. The molecule has 33 heavy (non-hydrogen) atoms. The Labute approximate surface area is 188 Å². The van der Waals surface area contributed by atoms with Crippen molar-refractivity contribution in [2.24, 2.45) is 0 Å². The van der Waals surface area contributed by atoms with Gasteiger partial charge in [-0.25, -0.2) is 4.79 Å². The lowest BCUT2D eigenvalue weighted by Crippen LogP contribution is -2.11. The molecule has 0 atom stereocenters. The quantitative estimate of drug-likeness (QED) is 0.234. The first-order valence-electron chi connectivity index (χ1n) is 10.2. The van der Waals surface area contributed by atoms with Gasteiger partial charge in [-0.05, 0) is 34.9 Å². The van der Waals surface area contributed by atoms with Crippen LogP contribution in [0.2, 0.25) is 0 Å². The number of hydrogen-bond acceptors (Lipinski definition) is 8. The molecule has 0 radical (unpaired) electrons. The highest BCUT2D eigenvalue weighted by molar-refractivity contribution is 5.98. The third kappa shape index (κ3) is 4.69. The van der Waals surface area contributed by atoms with Crippen LogP contribution in [-0.4, -0.2) is 38.1 Å². The van der Waals surface area contributed by atoms with Crippen LogP contribution in [0.4, 0.5) is 11.4 Å². The van der Waals surface area contributed by atoms with Gasteiger partial charge in [-0.15, -0.1) is 10.2 Å². The SMILES string of the molecule is CCOC(=O)c1cccc([N+](=O)[O-])c1NCc1ccc(-c2ccccc2-c2nn[nH]n2)cc1. The average molecular weight is 444 g/mol. The minimum absolute atomic E-state index is 0.122. The second kappa shape index (κ2) is 9.69. The van der Waals surface area contributed by atoms with Gasteiger partial charge in [0.15, 0.2) is 0 Å². The molecular weight excluding hydrogens is 424 g/mol. The van der Waals surface area contributed by atoms with Gasteiger partial charge in [0.25, 0.3) is 5.69 Å². The summed E-state index contributed by atoms with van der Waals surface area (Å²) in [5.41, 5.74) is 3.69. The number of esters is 1. The highest BCUT2D eigenvalue weighted by Gasteiger charge is 2.22. The van der Waals surface area contributed by atoms with Crippen molar-refractivity contribution in [2.45, 2.75) is 13.5 Å². The van der Waals surface area contributed by atoms with Crippen molar-refractivity contribution in [3.8, 4) is 22.5 Å². The van der Waals surface area contributed by atoms with Crippen LogP contribution < -0.4 is 5.32 Å². The van der Waals surface area contributed by atoms with Crippen LogP contribution in [0.5, 0.6) is 0 Å². The Morgan fingerprint density at radius 3 is 2.48 bits per heavy atom. The average Bonchev–Trinajstić information content (AvgIpc) is 3.38. The first-order valence-corrected chi connectivity index (χ1v) is 10.2. The van der Waals surface area contributed by atoms with E-state index in [-0.39, 0.29) is 30.1 Å². The molecule has 0 bridgehead atoms. The number of aromatic amines is 1. The second-order valence-corrected chi connectivity index (χ2v) is 7.01. The molecule has 166 valence electrons. The Kier molecular flexibility index (Phi) is 6.35. The fourth-order valence-electron chi connectivity index (χ4n) is 3.46. The molecular formula is C23H20N6O4. The number of carbonyl (C=O) groups excluding carboxylic acids is 1. The molecule has 0 spiro atoms. The molecule has 4 aromatic rings. The Hall–Kier alpha value is -4.60. The normalized spacial score (nSPS) is 10.6. The summed E-state index contributed by atoms with van der Waals surface area (Å²) in [6, 6.07) is 19.8. The number of nitrogens with zero attached hydrogens (tertiary/aromatic N) is 4. The smallest absolute Gasteiger partial charge is 0.340 e. The van der Waals surface area contributed by atoms with Crippen molar-refractivity contribution in [1.29, 1.82) is 0 Å². The lowest BCUT2D eigenvalue weighted by atomic mass is 9.98. The van der Waals surface area contributed by atoms with Crippen molar-refractivity contribution in [2.75, 3.05) is 11.9 Å². The number of carbonyl (C=O) groups is 1. The molecule has 4 rings (SSSR count). The maximum Gasteiger partial charge on any atom is 0.340 e. The maximum atomic E-state index is 12.3. The second-order valence-electron chi connectivity index (χ2n) is 7.01. The first kappa shape index (κ1) is 21.6. The Morgan fingerprint density at radius 1 is 1.06 bits per heavy atom. The number of nitrogens with one attached hydrogen (secondary N) is 2. The third-order valence-electron chi connectivity index (χ3n) is 4.98. The van der Waals surface area contributed by atoms with E-state index in [9.17, 15) is 14.9 Å². The predicted octanol–water partition coefficient (Wildman–Crippen LogP) is 4.23. The molecule has 3 aromatic carbocycles. The van der Waals surface area contributed by atoms with Gasteiger partial charge in [-0.2, -0.15) is 5.21 Å². The standard InChI is InChI=1S/C23H20N6O4/c1-2-33-23(30)19-8-5-9-20(29(31)32)21(19)24-14-15-10-12-16(13-11-15)17-6-3-4-7-18(17)22-25-27-28-26-22/h3-13,24H,2,14H2,1H3,(H,25,26,27,28). The fraction of sp³-hybridized carbons (Fsp3) is 0.130. The number of para-hydroxylation sites is 1. The lowest BCUT2D eigenvalue weighted by Gasteiger charge is -2.12. The highest BCUT2D eigenvalue weighted by atomic mass is 16.6. The fourth-order valence-corrected chi connectivity index (χ4v) is 3.46. The van der Waals surface area contributed by atoms with Crippen molar-refractivity contribution in [3.63, 3.8) is 0 Å². The number of anilines is 1. The van der Waals surface area contributed by atoms with Crippen molar-refractivity contribution in [3.05, 3.63) is 88.0 Å². The number of nitro benzene ring substituents is 1. The van der Waals surface area contributed by atoms with E-state index in [2.05, 4.69) is 25.9 Å². The van der Waals surface area contributed by atoms with Crippen LogP contribution >= 0.6 is 0 Å². The van der Waals surface area contributed by atoms with E-state index in [4.69, 9.17) is 4.74 Å². The number of benzene rings is 3. The number of H-pyrrole nitrogens is 1. The zero-order chi connectivity index (χ0) is 23.2. The molecule has 0 aliphatic rings. The van der Waals surface area contributed by atoms with Gasteiger partial charge in [-0.3, -0.25) is 10.1 Å². The number of nitro groups is 1. The summed E-state index contributed by atoms with van der Waals surface area (Å²) in [5.74, 6) is -0.114. The first-order chi connectivity index (χ1) is 16.1. The van der Waals surface area contributed by atoms with Gasteiger partial charge in [-0.1, -0.05) is 54.6 Å². The third-order valence-corrected chi connectivity index (χ3v) is 4.98. The lowest BCUT2D eigenvalue weighted by molar-refractivity contribution is -0.384. The molecule has 0 saturated heterocycles. The molecule has 1 heterocycles. The molecule has 1 aromatic heterocycles. The van der Waals surface area contributed by atoms with E-state index in [0.29, 0.717) is 5.82 Å². The maximum absolute atomic E-state index is 12.3. The monoisotopic (exact) mass is 444 g/mol. The van der Waals surface area contributed by atoms with Crippen LogP contribution in [0, 0.1) is 10.1 Å². The van der Waals surface area contributed by atoms with Gasteiger partial charge in [0.05, 0.1) is 17.1 Å². The number of ether oxygens (including phenoxy) is 1. The van der Waals surface area contributed by atoms with Gasteiger partial charge in [0, 0.05) is 18.2 Å². The molecule has 0 unspecified atom stereocenters. The molecule has 10 heteroatoms. The summed E-state index contributed by atoms with van der Waals surface area (Å²) in [7, 11) is 0. The zero-order valence-corrected chi connectivity index (χ0v) is 17.7. The molecule has 0 amide bonds. The summed E-state index contributed by atoms with van der Waals surface area (Å²) in [6.45, 7) is 2.14. The van der Waals surface area contributed by atoms with Gasteiger partial charge in [0.2, 0.25) is 5.82 Å². The number of rotatable bonds is 8. The minimum Gasteiger partial charge on any atom is -0.462 e. The van der Waals surface area contributed by atoms with E-state index in [1.807, 2.05) is 48.5 Å². The molecule has 0 aliphatic carbocycles. The topological polar surface area (TPSA) is 136 Å². The molecule has 2 N–H and O–H groups in total. The van der Waals surface area contributed by atoms with Crippen LogP contribution in [0.15, 0.2) is 66.7 Å². The Morgan fingerprint density at radius 2 is 1.82 bits per heavy atom. The van der Waals surface area contributed by atoms with Crippen molar-refractivity contribution < 1.29 is 14.5 Å².